The zero-order valence-corrected chi connectivity index (χ0v) is 14.6. The molecule has 1 aliphatic carbocycles. The molecule has 150 valence electrons. The third-order valence-corrected chi connectivity index (χ3v) is 4.98. The third-order valence-electron chi connectivity index (χ3n) is 4.98. The van der Waals surface area contributed by atoms with Crippen LogP contribution in [-0.4, -0.2) is 11.9 Å². The number of carbonyl (C=O) groups is 1. The molecule has 0 spiro atoms. The zero-order chi connectivity index (χ0) is 20.5. The van der Waals surface area contributed by atoms with Crippen LogP contribution in [0.1, 0.15) is 52.2 Å². The molecule has 8 heteroatoms. The molecule has 2 atom stereocenters. The van der Waals surface area contributed by atoms with Gasteiger partial charge in [0, 0.05) is 12.0 Å². The van der Waals surface area contributed by atoms with Crippen molar-refractivity contribution in [1.29, 1.82) is 0 Å². The summed E-state index contributed by atoms with van der Waals surface area (Å²) in [6.07, 6.45) is -7.86. The van der Waals surface area contributed by atoms with Gasteiger partial charge in [0.15, 0.2) is 0 Å². The van der Waals surface area contributed by atoms with E-state index in [0.717, 1.165) is 18.2 Å². The van der Waals surface area contributed by atoms with Crippen molar-refractivity contribution in [2.75, 3.05) is 0 Å². The molecule has 1 fully saturated rings. The normalized spacial score (nSPS) is 20.2. The van der Waals surface area contributed by atoms with Gasteiger partial charge < -0.3 is 5.32 Å². The number of hydrogen-bond acceptors (Lipinski definition) is 1. The maximum Gasteiger partial charge on any atom is 0.417 e. The molecule has 3 rings (SSSR count). The van der Waals surface area contributed by atoms with Crippen molar-refractivity contribution in [2.45, 2.75) is 43.6 Å². The van der Waals surface area contributed by atoms with Crippen LogP contribution in [0, 0.1) is 0 Å². The number of nitrogens with one attached hydrogen (secondary N) is 1. The summed E-state index contributed by atoms with van der Waals surface area (Å²) in [6.45, 7) is 0. The molecule has 1 saturated carbocycles. The van der Waals surface area contributed by atoms with E-state index in [2.05, 4.69) is 5.32 Å². The van der Waals surface area contributed by atoms with Gasteiger partial charge in [-0.05, 0) is 36.6 Å². The molecule has 2 nitrogen and oxygen atoms in total. The fourth-order valence-corrected chi connectivity index (χ4v) is 3.76. The minimum atomic E-state index is -4.70. The van der Waals surface area contributed by atoms with Crippen LogP contribution >= 0.6 is 0 Å². The second-order valence-electron chi connectivity index (χ2n) is 6.75. The zero-order valence-electron chi connectivity index (χ0n) is 14.6. The van der Waals surface area contributed by atoms with Gasteiger partial charge in [-0.15, -0.1) is 0 Å². The van der Waals surface area contributed by atoms with Crippen LogP contribution in [0.5, 0.6) is 0 Å². The van der Waals surface area contributed by atoms with Crippen molar-refractivity contribution in [2.24, 2.45) is 0 Å². The van der Waals surface area contributed by atoms with Crippen LogP contribution in [0.3, 0.4) is 0 Å². The summed E-state index contributed by atoms with van der Waals surface area (Å²) in [5.41, 5.74) is -2.33. The first-order valence-corrected chi connectivity index (χ1v) is 8.72. The first-order valence-electron chi connectivity index (χ1n) is 8.72. The van der Waals surface area contributed by atoms with Crippen molar-refractivity contribution in [3.8, 4) is 0 Å². The summed E-state index contributed by atoms with van der Waals surface area (Å²) < 4.78 is 79.4. The fraction of sp³-hybridized carbons (Fsp3) is 0.350. The van der Waals surface area contributed by atoms with Gasteiger partial charge in [0.1, 0.15) is 0 Å². The molecule has 0 aliphatic heterocycles. The number of amides is 1. The van der Waals surface area contributed by atoms with E-state index in [1.54, 1.807) is 0 Å². The van der Waals surface area contributed by atoms with Gasteiger partial charge in [0.2, 0.25) is 0 Å². The Morgan fingerprint density at radius 1 is 0.821 bits per heavy atom. The number of rotatable bonds is 3. The van der Waals surface area contributed by atoms with Gasteiger partial charge in [-0.3, -0.25) is 4.79 Å². The van der Waals surface area contributed by atoms with Crippen LogP contribution in [0.2, 0.25) is 0 Å². The summed E-state index contributed by atoms with van der Waals surface area (Å²) in [7, 11) is 0. The molecule has 1 N–H and O–H groups in total. The van der Waals surface area contributed by atoms with Gasteiger partial charge in [-0.25, -0.2) is 0 Å². The molecule has 0 bridgehead atoms. The van der Waals surface area contributed by atoms with Crippen LogP contribution in [-0.2, 0) is 12.4 Å². The predicted octanol–water partition coefficient (Wildman–Crippen LogP) is 5.79. The van der Waals surface area contributed by atoms with E-state index in [9.17, 15) is 31.1 Å². The standard InChI is InChI=1S/C20H17F6NO/c21-19(22,23)15-9-3-1-6-12(15)13-8-5-11-17(13)27-18(28)14-7-2-4-10-16(14)20(24,25)26/h1-4,6-7,9-10,13,17H,5,8,11H2,(H,27,28)/t13-,17-/m0/s1. The van der Waals surface area contributed by atoms with E-state index < -0.39 is 46.9 Å². The topological polar surface area (TPSA) is 29.1 Å². The lowest BCUT2D eigenvalue weighted by Gasteiger charge is -2.25. The van der Waals surface area contributed by atoms with Crippen molar-refractivity contribution < 1.29 is 31.1 Å². The molecule has 1 amide bonds. The van der Waals surface area contributed by atoms with E-state index in [1.807, 2.05) is 0 Å². The van der Waals surface area contributed by atoms with Gasteiger partial charge in [-0.2, -0.15) is 26.3 Å². The van der Waals surface area contributed by atoms with E-state index in [-0.39, 0.29) is 5.56 Å². The summed E-state index contributed by atoms with van der Waals surface area (Å²) in [5.74, 6) is -1.55. The van der Waals surface area contributed by atoms with E-state index in [1.165, 1.54) is 30.3 Å². The molecule has 0 saturated heterocycles. The van der Waals surface area contributed by atoms with Crippen molar-refractivity contribution >= 4 is 5.91 Å². The van der Waals surface area contributed by atoms with Crippen LogP contribution in [0.4, 0.5) is 26.3 Å². The molecule has 28 heavy (non-hydrogen) atoms. The Morgan fingerprint density at radius 3 is 2.04 bits per heavy atom. The Labute approximate surface area is 157 Å². The molecule has 0 aromatic heterocycles. The smallest absolute Gasteiger partial charge is 0.349 e. The Hall–Kier alpha value is -2.51. The lowest BCUT2D eigenvalue weighted by molar-refractivity contribution is -0.139. The van der Waals surface area contributed by atoms with Crippen molar-refractivity contribution in [3.63, 3.8) is 0 Å². The molecule has 1 aliphatic rings. The lowest BCUT2D eigenvalue weighted by atomic mass is 9.89. The summed E-state index contributed by atoms with van der Waals surface area (Å²) in [6, 6.07) is 8.80. The minimum absolute atomic E-state index is 0.0573. The van der Waals surface area contributed by atoms with Gasteiger partial charge in [0.05, 0.1) is 16.7 Å². The SMILES string of the molecule is O=C(N[C@H]1CCC[C@H]1c1ccccc1C(F)(F)F)c1ccccc1C(F)(F)F. The second kappa shape index (κ2) is 7.48. The number of carbonyl (C=O) groups excluding carboxylic acids is 1. The monoisotopic (exact) mass is 401 g/mol. The quantitative estimate of drug-likeness (QED) is 0.648. The lowest BCUT2D eigenvalue weighted by Crippen LogP contribution is -2.37. The van der Waals surface area contributed by atoms with Gasteiger partial charge in [-0.1, -0.05) is 36.8 Å². The molecule has 0 unspecified atom stereocenters. The van der Waals surface area contributed by atoms with Crippen LogP contribution in [0.15, 0.2) is 48.5 Å². The number of alkyl halides is 6. The minimum Gasteiger partial charge on any atom is -0.349 e. The maximum absolute atomic E-state index is 13.3. The van der Waals surface area contributed by atoms with Crippen LogP contribution < -0.4 is 5.32 Å². The molecule has 2 aromatic rings. The Balaban J connectivity index is 1.88. The Kier molecular flexibility index (Phi) is 5.41. The molecule has 0 radical (unpaired) electrons. The predicted molar refractivity (Wildman–Crippen MR) is 90.7 cm³/mol. The highest BCUT2D eigenvalue weighted by Gasteiger charge is 2.40. The molecular weight excluding hydrogens is 384 g/mol. The highest BCUT2D eigenvalue weighted by Crippen LogP contribution is 2.42. The number of hydrogen-bond donors (Lipinski definition) is 1. The highest BCUT2D eigenvalue weighted by molar-refractivity contribution is 5.96. The largest absolute Gasteiger partial charge is 0.417 e. The second-order valence-corrected chi connectivity index (χ2v) is 6.75. The van der Waals surface area contributed by atoms with Crippen molar-refractivity contribution in [1.82, 2.24) is 5.32 Å². The van der Waals surface area contributed by atoms with Crippen LogP contribution in [0.25, 0.3) is 0 Å². The van der Waals surface area contributed by atoms with E-state index in [4.69, 9.17) is 0 Å². The summed E-state index contributed by atoms with van der Waals surface area (Å²) >= 11 is 0. The Bertz CT molecular complexity index is 858. The summed E-state index contributed by atoms with van der Waals surface area (Å²) in [5, 5.41) is 2.53. The van der Waals surface area contributed by atoms with E-state index in [0.29, 0.717) is 19.3 Å². The number of benzene rings is 2. The van der Waals surface area contributed by atoms with Gasteiger partial charge in [0.25, 0.3) is 5.91 Å². The number of halogens is 6. The fourth-order valence-electron chi connectivity index (χ4n) is 3.76. The van der Waals surface area contributed by atoms with E-state index >= 15 is 0 Å². The molecule has 0 heterocycles. The Morgan fingerprint density at radius 2 is 1.39 bits per heavy atom. The molecular formula is C20H17F6NO. The summed E-state index contributed by atoms with van der Waals surface area (Å²) in [4.78, 5) is 12.5. The first-order chi connectivity index (χ1) is 13.1. The molecule has 2 aromatic carbocycles. The first kappa shape index (κ1) is 20.2. The van der Waals surface area contributed by atoms with Crippen molar-refractivity contribution in [3.05, 3.63) is 70.8 Å². The average molecular weight is 401 g/mol. The van der Waals surface area contributed by atoms with Gasteiger partial charge >= 0.3 is 12.4 Å². The maximum atomic E-state index is 13.3. The third kappa shape index (κ3) is 4.15. The highest BCUT2D eigenvalue weighted by atomic mass is 19.4. The average Bonchev–Trinajstić information content (AvgIpc) is 3.08.